The third kappa shape index (κ3) is 5.56. The summed E-state index contributed by atoms with van der Waals surface area (Å²) >= 11 is 0. The molecule has 0 aliphatic carbocycles. The molecule has 0 saturated carbocycles. The molecule has 3 aromatic rings. The highest BCUT2D eigenvalue weighted by atomic mass is 16.5. The van der Waals surface area contributed by atoms with Crippen molar-refractivity contribution in [3.05, 3.63) is 96.1 Å². The maximum Gasteiger partial charge on any atom is 0.261 e. The molecule has 5 nitrogen and oxygen atoms in total. The summed E-state index contributed by atoms with van der Waals surface area (Å²) in [6.07, 6.45) is 1.54. The van der Waals surface area contributed by atoms with Gasteiger partial charge in [-0.3, -0.25) is 9.59 Å². The average Bonchev–Trinajstić information content (AvgIpc) is 2.74. The van der Waals surface area contributed by atoms with Crippen molar-refractivity contribution in [2.45, 2.75) is 6.92 Å². The molecule has 0 radical (unpaired) electrons. The van der Waals surface area contributed by atoms with Crippen molar-refractivity contribution in [1.29, 1.82) is 0 Å². The minimum Gasteiger partial charge on any atom is -0.493 e. The van der Waals surface area contributed by atoms with E-state index in [1.54, 1.807) is 42.5 Å². The van der Waals surface area contributed by atoms with Gasteiger partial charge in [-0.2, -0.15) is 0 Å². The minimum atomic E-state index is -0.504. The maximum atomic E-state index is 12.9. The van der Waals surface area contributed by atoms with Gasteiger partial charge in [0.15, 0.2) is 0 Å². The van der Waals surface area contributed by atoms with Crippen LogP contribution >= 0.6 is 0 Å². The van der Waals surface area contributed by atoms with Gasteiger partial charge in [-0.25, -0.2) is 0 Å². The van der Waals surface area contributed by atoms with Crippen molar-refractivity contribution >= 4 is 29.3 Å². The molecule has 0 bridgehead atoms. The smallest absolute Gasteiger partial charge is 0.261 e. The molecule has 0 spiro atoms. The minimum absolute atomic E-state index is 0.0233. The van der Waals surface area contributed by atoms with Gasteiger partial charge in [0.05, 0.1) is 6.61 Å². The Bertz CT molecular complexity index is 943. The number of rotatable bonds is 7. The Morgan fingerprint density at radius 2 is 1.24 bits per heavy atom. The lowest BCUT2D eigenvalue weighted by Gasteiger charge is -2.12. The van der Waals surface area contributed by atoms with E-state index in [-0.39, 0.29) is 5.57 Å². The third-order valence-electron chi connectivity index (χ3n) is 4.07. The Morgan fingerprint density at radius 1 is 0.759 bits per heavy atom. The fourth-order valence-electron chi connectivity index (χ4n) is 2.72. The fraction of sp³-hybridized carbons (Fsp3) is 0.0833. The summed E-state index contributed by atoms with van der Waals surface area (Å²) in [5, 5.41) is 5.54. The first-order chi connectivity index (χ1) is 14.2. The number of hydrogen-bond donors (Lipinski definition) is 2. The summed E-state index contributed by atoms with van der Waals surface area (Å²) in [5.74, 6) is -0.403. The summed E-state index contributed by atoms with van der Waals surface area (Å²) in [5.41, 5.74) is 1.84. The Hall–Kier alpha value is -3.86. The van der Waals surface area contributed by atoms with Crippen LogP contribution < -0.4 is 15.4 Å². The molecule has 3 rings (SSSR count). The number of carbonyl (C=O) groups is 2. The van der Waals surface area contributed by atoms with Gasteiger partial charge in [-0.15, -0.1) is 0 Å². The lowest BCUT2D eigenvalue weighted by molar-refractivity contribution is -0.118. The van der Waals surface area contributed by atoms with E-state index in [0.717, 1.165) is 0 Å². The standard InChI is InChI=1S/C24H22N2O3/c1-2-29-22-16-10-9-11-18(22)17-21(23(27)25-19-12-5-3-6-13-19)24(28)26-20-14-7-4-8-15-20/h3-17H,2H2,1H3,(H,25,27)(H,26,28). The number of anilines is 2. The number of benzene rings is 3. The van der Waals surface area contributed by atoms with Crippen LogP contribution in [0.25, 0.3) is 6.08 Å². The fourth-order valence-corrected chi connectivity index (χ4v) is 2.72. The molecule has 0 fully saturated rings. The molecule has 5 heteroatoms. The average molecular weight is 386 g/mol. The first kappa shape index (κ1) is 19.9. The lowest BCUT2D eigenvalue weighted by Crippen LogP contribution is -2.25. The van der Waals surface area contributed by atoms with Gasteiger partial charge in [-0.05, 0) is 43.3 Å². The lowest BCUT2D eigenvalue weighted by atomic mass is 10.1. The van der Waals surface area contributed by atoms with Crippen molar-refractivity contribution in [2.24, 2.45) is 0 Å². The molecule has 3 aromatic carbocycles. The van der Waals surface area contributed by atoms with E-state index >= 15 is 0 Å². The summed E-state index contributed by atoms with van der Waals surface area (Å²) < 4.78 is 5.63. The van der Waals surface area contributed by atoms with Crippen molar-refractivity contribution in [2.75, 3.05) is 17.2 Å². The van der Waals surface area contributed by atoms with Gasteiger partial charge >= 0.3 is 0 Å². The van der Waals surface area contributed by atoms with E-state index in [9.17, 15) is 9.59 Å². The molecule has 0 atom stereocenters. The molecule has 0 heterocycles. The van der Waals surface area contributed by atoms with Gasteiger partial charge in [0.25, 0.3) is 11.8 Å². The molecule has 2 amide bonds. The third-order valence-corrected chi connectivity index (χ3v) is 4.07. The van der Waals surface area contributed by atoms with Crippen LogP contribution in [-0.4, -0.2) is 18.4 Å². The van der Waals surface area contributed by atoms with Gasteiger partial charge < -0.3 is 15.4 Å². The first-order valence-electron chi connectivity index (χ1n) is 9.33. The van der Waals surface area contributed by atoms with E-state index < -0.39 is 11.8 Å². The normalized spacial score (nSPS) is 9.97. The number of hydrogen-bond acceptors (Lipinski definition) is 3. The van der Waals surface area contributed by atoms with Crippen molar-refractivity contribution < 1.29 is 14.3 Å². The molecule has 0 aromatic heterocycles. The SMILES string of the molecule is CCOc1ccccc1C=C(C(=O)Nc1ccccc1)C(=O)Nc1ccccc1. The van der Waals surface area contributed by atoms with Crippen molar-refractivity contribution in [1.82, 2.24) is 0 Å². The van der Waals surface area contributed by atoms with E-state index in [1.165, 1.54) is 0 Å². The van der Waals surface area contributed by atoms with Gasteiger partial charge in [0.2, 0.25) is 0 Å². The van der Waals surface area contributed by atoms with Crippen LogP contribution in [0.2, 0.25) is 0 Å². The molecule has 0 aliphatic rings. The van der Waals surface area contributed by atoms with Crippen LogP contribution in [-0.2, 0) is 9.59 Å². The van der Waals surface area contributed by atoms with Crippen molar-refractivity contribution in [3.8, 4) is 5.75 Å². The van der Waals surface area contributed by atoms with Crippen LogP contribution in [0.4, 0.5) is 11.4 Å². The summed E-state index contributed by atoms with van der Waals surface area (Å²) in [6.45, 7) is 2.36. The zero-order valence-corrected chi connectivity index (χ0v) is 16.1. The highest BCUT2D eigenvalue weighted by Crippen LogP contribution is 2.22. The summed E-state index contributed by atoms with van der Waals surface area (Å²) in [4.78, 5) is 25.9. The van der Waals surface area contributed by atoms with E-state index in [1.807, 2.05) is 55.5 Å². The summed E-state index contributed by atoms with van der Waals surface area (Å²) in [7, 11) is 0. The number of para-hydroxylation sites is 3. The predicted octanol–water partition coefficient (Wildman–Crippen LogP) is 4.75. The molecule has 0 aliphatic heterocycles. The first-order valence-corrected chi connectivity index (χ1v) is 9.33. The molecule has 29 heavy (non-hydrogen) atoms. The van der Waals surface area contributed by atoms with Crippen LogP contribution in [0.15, 0.2) is 90.5 Å². The quantitative estimate of drug-likeness (QED) is 0.350. The Balaban J connectivity index is 1.94. The zero-order chi connectivity index (χ0) is 20.5. The topological polar surface area (TPSA) is 67.4 Å². The van der Waals surface area contributed by atoms with Crippen LogP contribution in [0.3, 0.4) is 0 Å². The zero-order valence-electron chi connectivity index (χ0n) is 16.1. The number of nitrogens with one attached hydrogen (secondary N) is 2. The molecular formula is C24H22N2O3. The molecule has 0 saturated heterocycles. The van der Waals surface area contributed by atoms with Gasteiger partial charge in [0.1, 0.15) is 11.3 Å². The van der Waals surface area contributed by atoms with Gasteiger partial charge in [0, 0.05) is 16.9 Å². The van der Waals surface area contributed by atoms with Crippen molar-refractivity contribution in [3.63, 3.8) is 0 Å². The van der Waals surface area contributed by atoms with E-state index in [2.05, 4.69) is 10.6 Å². The number of ether oxygens (including phenoxy) is 1. The summed E-state index contributed by atoms with van der Waals surface area (Å²) in [6, 6.07) is 25.3. The number of amides is 2. The second-order valence-electron chi connectivity index (χ2n) is 6.17. The van der Waals surface area contributed by atoms with Crippen LogP contribution in [0, 0.1) is 0 Å². The Morgan fingerprint density at radius 3 is 1.76 bits per heavy atom. The van der Waals surface area contributed by atoms with Crippen LogP contribution in [0.1, 0.15) is 12.5 Å². The monoisotopic (exact) mass is 386 g/mol. The second-order valence-corrected chi connectivity index (χ2v) is 6.17. The van der Waals surface area contributed by atoms with E-state index in [4.69, 9.17) is 4.74 Å². The second kappa shape index (κ2) is 9.90. The van der Waals surface area contributed by atoms with E-state index in [0.29, 0.717) is 29.3 Å². The van der Waals surface area contributed by atoms with Crippen LogP contribution in [0.5, 0.6) is 5.75 Å². The Labute approximate surface area is 170 Å². The highest BCUT2D eigenvalue weighted by molar-refractivity contribution is 6.28. The predicted molar refractivity (Wildman–Crippen MR) is 116 cm³/mol. The largest absolute Gasteiger partial charge is 0.493 e. The highest BCUT2D eigenvalue weighted by Gasteiger charge is 2.20. The molecule has 2 N–H and O–H groups in total. The molecule has 146 valence electrons. The molecular weight excluding hydrogens is 364 g/mol. The maximum absolute atomic E-state index is 12.9. The number of carbonyl (C=O) groups excluding carboxylic acids is 2. The van der Waals surface area contributed by atoms with Gasteiger partial charge in [-0.1, -0.05) is 54.6 Å². The Kier molecular flexibility index (Phi) is 6.79. The molecule has 0 unspecified atom stereocenters.